The minimum Gasteiger partial charge on any atom is -0.457 e. The summed E-state index contributed by atoms with van der Waals surface area (Å²) in [6.45, 7) is 5.59. The number of nitrogens with one attached hydrogen (secondary N) is 1. The van der Waals surface area contributed by atoms with E-state index in [1.54, 1.807) is 0 Å². The first-order valence-corrected chi connectivity index (χ1v) is 6.20. The number of hydrogen-bond donors (Lipinski definition) is 1. The Hall–Kier alpha value is -1.77. The van der Waals surface area contributed by atoms with Crippen LogP contribution in [-0.4, -0.2) is 17.6 Å². The van der Waals surface area contributed by atoms with Crippen LogP contribution in [0.1, 0.15) is 26.3 Å². The number of esters is 1. The van der Waals surface area contributed by atoms with Crippen molar-refractivity contribution in [2.24, 2.45) is 0 Å². The Bertz CT molecular complexity index is 447. The lowest BCUT2D eigenvalue weighted by molar-refractivity contribution is -0.148. The van der Waals surface area contributed by atoms with Crippen molar-refractivity contribution in [1.82, 2.24) is 0 Å². The molecule has 1 aromatic carbocycles. The van der Waals surface area contributed by atoms with Gasteiger partial charge in [0.2, 0.25) is 0 Å². The lowest BCUT2D eigenvalue weighted by atomic mass is 10.1. The second-order valence-corrected chi connectivity index (χ2v) is 5.50. The zero-order valence-corrected chi connectivity index (χ0v) is 11.1. The van der Waals surface area contributed by atoms with Crippen molar-refractivity contribution in [2.45, 2.75) is 38.8 Å². The molecule has 1 aromatic rings. The van der Waals surface area contributed by atoms with Gasteiger partial charge in [0.05, 0.1) is 0 Å². The summed E-state index contributed by atoms with van der Waals surface area (Å²) in [6, 6.07) is 8.36. The Morgan fingerprint density at radius 1 is 1.39 bits per heavy atom. The maximum atomic E-state index is 11.6. The molecule has 0 spiro atoms. The quantitative estimate of drug-likeness (QED) is 0.643. The fraction of sp³-hybridized carbons (Fsp3) is 0.400. The van der Waals surface area contributed by atoms with Gasteiger partial charge in [0, 0.05) is 17.8 Å². The first-order chi connectivity index (χ1) is 8.44. The summed E-state index contributed by atoms with van der Waals surface area (Å²) in [5.41, 5.74) is 2.00. The van der Waals surface area contributed by atoms with Crippen LogP contribution in [-0.2, 0) is 16.0 Å². The molecule has 0 aliphatic carbocycles. The van der Waals surface area contributed by atoms with E-state index in [-0.39, 0.29) is 12.0 Å². The monoisotopic (exact) mass is 245 g/mol. The lowest BCUT2D eigenvalue weighted by Gasteiger charge is -2.18. The topological polar surface area (TPSA) is 38.3 Å². The third kappa shape index (κ3) is 3.36. The van der Waals surface area contributed by atoms with E-state index >= 15 is 0 Å². The van der Waals surface area contributed by atoms with Gasteiger partial charge in [-0.25, -0.2) is 4.79 Å². The number of rotatable bonds is 2. The Balaban J connectivity index is 1.91. The fourth-order valence-electron chi connectivity index (χ4n) is 1.97. The Morgan fingerprint density at radius 3 is 2.78 bits per heavy atom. The van der Waals surface area contributed by atoms with E-state index in [1.807, 2.05) is 39.0 Å². The van der Waals surface area contributed by atoms with E-state index in [2.05, 4.69) is 17.4 Å². The predicted molar refractivity (Wildman–Crippen MR) is 72.5 cm³/mol. The molecule has 0 aromatic heterocycles. The molecule has 0 amide bonds. The van der Waals surface area contributed by atoms with Gasteiger partial charge in [0.1, 0.15) is 5.60 Å². The summed E-state index contributed by atoms with van der Waals surface area (Å²) < 4.78 is 5.22. The third-order valence-electron chi connectivity index (χ3n) is 2.67. The summed E-state index contributed by atoms with van der Waals surface area (Å²) >= 11 is 0. The van der Waals surface area contributed by atoms with Gasteiger partial charge in [-0.1, -0.05) is 24.3 Å². The third-order valence-corrected chi connectivity index (χ3v) is 2.67. The average molecular weight is 245 g/mol. The van der Waals surface area contributed by atoms with Crippen LogP contribution in [0.3, 0.4) is 0 Å². The molecule has 1 aliphatic rings. The van der Waals surface area contributed by atoms with Crippen LogP contribution in [0.4, 0.5) is 5.69 Å². The van der Waals surface area contributed by atoms with Crippen molar-refractivity contribution in [3.8, 4) is 0 Å². The van der Waals surface area contributed by atoms with Crippen molar-refractivity contribution in [3.63, 3.8) is 0 Å². The number of para-hydroxylation sites is 1. The van der Waals surface area contributed by atoms with Gasteiger partial charge in [0.15, 0.2) is 0 Å². The number of carbonyl (C=O) groups is 1. The zero-order chi connectivity index (χ0) is 13.2. The number of fused-ring (bicyclic) bond motifs is 1. The molecule has 96 valence electrons. The van der Waals surface area contributed by atoms with Gasteiger partial charge < -0.3 is 10.1 Å². The molecule has 0 saturated carbocycles. The summed E-state index contributed by atoms with van der Waals surface area (Å²) in [5, 5.41) is 3.36. The minimum absolute atomic E-state index is 0.176. The molecule has 18 heavy (non-hydrogen) atoms. The predicted octanol–water partition coefficient (Wildman–Crippen LogP) is 2.92. The first-order valence-electron chi connectivity index (χ1n) is 6.20. The smallest absolute Gasteiger partial charge is 0.331 e. The number of anilines is 1. The maximum absolute atomic E-state index is 11.6. The van der Waals surface area contributed by atoms with Gasteiger partial charge in [-0.3, -0.25) is 0 Å². The normalized spacial score (nSPS) is 18.5. The summed E-state index contributed by atoms with van der Waals surface area (Å²) in [6.07, 6.45) is 4.29. The SMILES string of the molecule is CC(C)(C)OC(=O)/C=C/[C@@H]1Cc2ccccc2N1. The first kappa shape index (κ1) is 12.7. The molecule has 1 atom stereocenters. The van der Waals surface area contributed by atoms with Gasteiger partial charge in [-0.2, -0.15) is 0 Å². The minimum atomic E-state index is -0.437. The van der Waals surface area contributed by atoms with Crippen LogP contribution >= 0.6 is 0 Å². The molecule has 0 saturated heterocycles. The van der Waals surface area contributed by atoms with E-state index in [9.17, 15) is 4.79 Å². The van der Waals surface area contributed by atoms with Crippen LogP contribution in [0.25, 0.3) is 0 Å². The Kier molecular flexibility index (Phi) is 3.41. The zero-order valence-electron chi connectivity index (χ0n) is 11.1. The molecule has 0 fully saturated rings. The average Bonchev–Trinajstić information content (AvgIpc) is 2.66. The van der Waals surface area contributed by atoms with Crippen LogP contribution in [0.15, 0.2) is 36.4 Å². The molecular weight excluding hydrogens is 226 g/mol. The van der Waals surface area contributed by atoms with Crippen molar-refractivity contribution in [1.29, 1.82) is 0 Å². The van der Waals surface area contributed by atoms with Crippen molar-refractivity contribution < 1.29 is 9.53 Å². The highest BCUT2D eigenvalue weighted by Gasteiger charge is 2.18. The summed E-state index contributed by atoms with van der Waals surface area (Å²) in [5.74, 6) is -0.291. The number of ether oxygens (including phenoxy) is 1. The molecule has 3 nitrogen and oxygen atoms in total. The lowest BCUT2D eigenvalue weighted by Crippen LogP contribution is -2.23. The van der Waals surface area contributed by atoms with Crippen LogP contribution in [0.5, 0.6) is 0 Å². The van der Waals surface area contributed by atoms with Gasteiger partial charge >= 0.3 is 5.97 Å². The second kappa shape index (κ2) is 4.84. The van der Waals surface area contributed by atoms with Gasteiger partial charge in [-0.15, -0.1) is 0 Å². The van der Waals surface area contributed by atoms with Crippen LogP contribution < -0.4 is 5.32 Å². The maximum Gasteiger partial charge on any atom is 0.331 e. The van der Waals surface area contributed by atoms with E-state index in [4.69, 9.17) is 4.74 Å². The second-order valence-electron chi connectivity index (χ2n) is 5.50. The number of hydrogen-bond acceptors (Lipinski definition) is 3. The van der Waals surface area contributed by atoms with E-state index in [1.165, 1.54) is 11.6 Å². The van der Waals surface area contributed by atoms with Crippen LogP contribution in [0.2, 0.25) is 0 Å². The van der Waals surface area contributed by atoms with E-state index < -0.39 is 5.60 Å². The van der Waals surface area contributed by atoms with Crippen molar-refractivity contribution >= 4 is 11.7 Å². The van der Waals surface area contributed by atoms with E-state index in [0.717, 1.165) is 12.1 Å². The van der Waals surface area contributed by atoms with Crippen molar-refractivity contribution in [3.05, 3.63) is 42.0 Å². The Morgan fingerprint density at radius 2 is 2.11 bits per heavy atom. The number of carbonyl (C=O) groups excluding carboxylic acids is 1. The van der Waals surface area contributed by atoms with E-state index in [0.29, 0.717) is 0 Å². The summed E-state index contributed by atoms with van der Waals surface area (Å²) in [7, 11) is 0. The highest BCUT2D eigenvalue weighted by atomic mass is 16.6. The van der Waals surface area contributed by atoms with Gasteiger partial charge in [-0.05, 0) is 38.8 Å². The molecule has 1 N–H and O–H groups in total. The molecule has 1 heterocycles. The summed E-state index contributed by atoms with van der Waals surface area (Å²) in [4.78, 5) is 11.6. The molecule has 3 heteroatoms. The molecule has 0 bridgehead atoms. The largest absolute Gasteiger partial charge is 0.457 e. The molecule has 2 rings (SSSR count). The highest BCUT2D eigenvalue weighted by Crippen LogP contribution is 2.25. The number of benzene rings is 1. The molecule has 0 unspecified atom stereocenters. The fourth-order valence-corrected chi connectivity index (χ4v) is 1.97. The van der Waals surface area contributed by atoms with Gasteiger partial charge in [0.25, 0.3) is 0 Å². The van der Waals surface area contributed by atoms with Crippen LogP contribution in [0, 0.1) is 0 Å². The molecule has 1 aliphatic heterocycles. The molecule has 0 radical (unpaired) electrons. The Labute approximate surface area is 108 Å². The highest BCUT2D eigenvalue weighted by molar-refractivity contribution is 5.82. The standard InChI is InChI=1S/C15H19NO2/c1-15(2,3)18-14(17)9-8-12-10-11-6-4-5-7-13(11)16-12/h4-9,12,16H,10H2,1-3H3/b9-8+/t12-/m1/s1. The van der Waals surface area contributed by atoms with Crippen molar-refractivity contribution in [2.75, 3.05) is 5.32 Å². The molecular formula is C15H19NO2.